The number of hydrogen-bond donors (Lipinski definition) is 2. The van der Waals surface area contributed by atoms with Crippen molar-refractivity contribution in [1.29, 1.82) is 0 Å². The number of hydrogen-bond acceptors (Lipinski definition) is 6. The van der Waals surface area contributed by atoms with E-state index in [4.69, 9.17) is 4.74 Å². The molecule has 3 fully saturated rings. The summed E-state index contributed by atoms with van der Waals surface area (Å²) in [5.74, 6) is 0.522. The summed E-state index contributed by atoms with van der Waals surface area (Å²) in [5, 5.41) is 5.73. The van der Waals surface area contributed by atoms with Crippen molar-refractivity contribution in [3.05, 3.63) is 23.9 Å². The number of amides is 4. The second-order valence-electron chi connectivity index (χ2n) is 9.24. The van der Waals surface area contributed by atoms with Crippen LogP contribution in [0.2, 0.25) is 0 Å². The Morgan fingerprint density at radius 3 is 2.56 bits per heavy atom. The molecule has 0 bridgehead atoms. The Kier molecular flexibility index (Phi) is 6.64. The number of nitrogens with one attached hydrogen (secondary N) is 2. The highest BCUT2D eigenvalue weighted by Crippen LogP contribution is 2.33. The third-order valence-electron chi connectivity index (χ3n) is 6.56. The van der Waals surface area contributed by atoms with E-state index in [9.17, 15) is 14.4 Å². The topological polar surface area (TPSA) is 104 Å². The van der Waals surface area contributed by atoms with E-state index >= 15 is 0 Å². The summed E-state index contributed by atoms with van der Waals surface area (Å²) < 4.78 is 5.77. The van der Waals surface area contributed by atoms with Crippen molar-refractivity contribution in [3.8, 4) is 0 Å². The number of aromatic nitrogens is 1. The van der Waals surface area contributed by atoms with Crippen LogP contribution in [0.25, 0.3) is 0 Å². The number of urea groups is 1. The molecule has 1 saturated carbocycles. The van der Waals surface area contributed by atoms with Crippen molar-refractivity contribution in [2.75, 3.05) is 24.5 Å². The van der Waals surface area contributed by atoms with Crippen molar-refractivity contribution in [2.24, 2.45) is 0 Å². The van der Waals surface area contributed by atoms with Crippen molar-refractivity contribution in [2.45, 2.75) is 76.7 Å². The molecule has 1 aromatic rings. The van der Waals surface area contributed by atoms with Gasteiger partial charge in [0.1, 0.15) is 11.4 Å². The van der Waals surface area contributed by atoms with Gasteiger partial charge < -0.3 is 20.3 Å². The Bertz CT molecular complexity index is 842. The average Bonchev–Trinajstić information content (AvgIpc) is 2.99. The molecule has 174 valence electrons. The van der Waals surface area contributed by atoms with Gasteiger partial charge in [-0.05, 0) is 38.3 Å². The largest absolute Gasteiger partial charge is 0.372 e. The van der Waals surface area contributed by atoms with E-state index in [1.807, 2.05) is 12.1 Å². The normalized spacial score (nSPS) is 25.2. The van der Waals surface area contributed by atoms with Crippen molar-refractivity contribution in [1.82, 2.24) is 20.5 Å². The lowest BCUT2D eigenvalue weighted by atomic mass is 9.82. The zero-order valence-corrected chi connectivity index (χ0v) is 18.9. The van der Waals surface area contributed by atoms with E-state index in [1.54, 1.807) is 6.20 Å². The Morgan fingerprint density at radius 2 is 1.91 bits per heavy atom. The van der Waals surface area contributed by atoms with Crippen LogP contribution < -0.4 is 15.5 Å². The molecule has 3 heterocycles. The van der Waals surface area contributed by atoms with E-state index in [1.165, 1.54) is 4.90 Å². The molecule has 32 heavy (non-hydrogen) atoms. The molecule has 1 aliphatic carbocycles. The molecule has 1 aromatic heterocycles. The molecule has 2 N–H and O–H groups in total. The second-order valence-corrected chi connectivity index (χ2v) is 9.24. The summed E-state index contributed by atoms with van der Waals surface area (Å²) in [6, 6.07) is 3.54. The van der Waals surface area contributed by atoms with Crippen LogP contribution >= 0.6 is 0 Å². The Hall–Kier alpha value is -2.68. The summed E-state index contributed by atoms with van der Waals surface area (Å²) in [7, 11) is 0. The maximum atomic E-state index is 12.8. The number of imide groups is 1. The Balaban J connectivity index is 1.24. The summed E-state index contributed by atoms with van der Waals surface area (Å²) in [4.78, 5) is 45.3. The summed E-state index contributed by atoms with van der Waals surface area (Å²) in [6.07, 6.45) is 6.53. The number of anilines is 1. The van der Waals surface area contributed by atoms with E-state index in [0.717, 1.165) is 43.7 Å². The smallest absolute Gasteiger partial charge is 0.325 e. The maximum absolute atomic E-state index is 12.8. The molecule has 9 nitrogen and oxygen atoms in total. The summed E-state index contributed by atoms with van der Waals surface area (Å²) in [5.41, 5.74) is 0.155. The van der Waals surface area contributed by atoms with Gasteiger partial charge in [-0.1, -0.05) is 25.3 Å². The highest BCUT2D eigenvalue weighted by atomic mass is 16.5. The highest BCUT2D eigenvalue weighted by molar-refractivity contribution is 6.07. The van der Waals surface area contributed by atoms with Gasteiger partial charge in [-0.25, -0.2) is 9.78 Å². The third-order valence-corrected chi connectivity index (χ3v) is 6.56. The zero-order valence-electron chi connectivity index (χ0n) is 18.9. The minimum atomic E-state index is -0.741. The summed E-state index contributed by atoms with van der Waals surface area (Å²) >= 11 is 0. The van der Waals surface area contributed by atoms with Gasteiger partial charge in [-0.15, -0.1) is 0 Å². The fourth-order valence-corrected chi connectivity index (χ4v) is 4.95. The van der Waals surface area contributed by atoms with Crippen LogP contribution in [0.1, 0.15) is 57.9 Å². The van der Waals surface area contributed by atoms with Gasteiger partial charge >= 0.3 is 6.03 Å². The summed E-state index contributed by atoms with van der Waals surface area (Å²) in [6.45, 7) is 6.17. The molecule has 2 atom stereocenters. The van der Waals surface area contributed by atoms with E-state index < -0.39 is 5.54 Å². The first-order chi connectivity index (χ1) is 15.4. The first-order valence-electron chi connectivity index (χ1n) is 11.6. The number of ether oxygens (including phenoxy) is 1. The number of rotatable bonds is 6. The van der Waals surface area contributed by atoms with Crippen LogP contribution in [0.15, 0.2) is 18.3 Å². The zero-order chi connectivity index (χ0) is 22.7. The van der Waals surface area contributed by atoms with E-state index in [-0.39, 0.29) is 43.0 Å². The van der Waals surface area contributed by atoms with Gasteiger partial charge in [0.25, 0.3) is 5.91 Å². The molecular weight excluding hydrogens is 410 g/mol. The van der Waals surface area contributed by atoms with Gasteiger partial charge in [0, 0.05) is 38.8 Å². The Morgan fingerprint density at radius 1 is 1.19 bits per heavy atom. The Labute approximate surface area is 188 Å². The lowest BCUT2D eigenvalue weighted by Gasteiger charge is -2.36. The van der Waals surface area contributed by atoms with E-state index in [2.05, 4.69) is 34.4 Å². The maximum Gasteiger partial charge on any atom is 0.325 e. The lowest BCUT2D eigenvalue weighted by molar-refractivity contribution is -0.132. The van der Waals surface area contributed by atoms with Crippen LogP contribution in [0.3, 0.4) is 0 Å². The molecule has 1 spiro atoms. The quantitative estimate of drug-likeness (QED) is 0.652. The molecule has 9 heteroatoms. The molecule has 3 aliphatic rings. The standard InChI is InChI=1S/C23H33N5O4/c1-16-14-27(15-17(2)32-16)19-7-6-18(12-24-19)13-25-20(29)8-11-28-21(30)23(26-22(28)31)9-4-3-5-10-23/h6-7,12,16-17H,3-5,8-11,13-15H2,1-2H3,(H,25,29)(H,26,31)/t16-,17+. The lowest BCUT2D eigenvalue weighted by Crippen LogP contribution is -2.48. The van der Waals surface area contributed by atoms with Crippen LogP contribution in [0.5, 0.6) is 0 Å². The molecule has 4 amide bonds. The predicted octanol–water partition coefficient (Wildman–Crippen LogP) is 1.96. The van der Waals surface area contributed by atoms with Gasteiger partial charge in [-0.3, -0.25) is 14.5 Å². The number of nitrogens with zero attached hydrogens (tertiary/aromatic N) is 3. The monoisotopic (exact) mass is 443 g/mol. The van der Waals surface area contributed by atoms with Crippen molar-refractivity contribution >= 4 is 23.7 Å². The van der Waals surface area contributed by atoms with Crippen LogP contribution in [0.4, 0.5) is 10.6 Å². The van der Waals surface area contributed by atoms with Crippen molar-refractivity contribution in [3.63, 3.8) is 0 Å². The minimum Gasteiger partial charge on any atom is -0.372 e. The third kappa shape index (κ3) is 4.87. The second kappa shape index (κ2) is 9.44. The minimum absolute atomic E-state index is 0.0876. The van der Waals surface area contributed by atoms with Gasteiger partial charge in [-0.2, -0.15) is 0 Å². The molecule has 0 aromatic carbocycles. The number of carbonyl (C=O) groups excluding carboxylic acids is 3. The first kappa shape index (κ1) is 22.5. The average molecular weight is 444 g/mol. The number of carbonyl (C=O) groups is 3. The van der Waals surface area contributed by atoms with Crippen LogP contribution in [-0.2, 0) is 20.9 Å². The molecule has 0 radical (unpaired) electrons. The van der Waals surface area contributed by atoms with Crippen molar-refractivity contribution < 1.29 is 19.1 Å². The molecule has 0 unspecified atom stereocenters. The van der Waals surface area contributed by atoms with E-state index in [0.29, 0.717) is 19.4 Å². The SMILES string of the molecule is C[C@@H]1CN(c2ccc(CNC(=O)CCN3C(=O)NC4(CCCCC4)C3=O)cn2)C[C@H](C)O1. The predicted molar refractivity (Wildman–Crippen MR) is 119 cm³/mol. The highest BCUT2D eigenvalue weighted by Gasteiger charge is 2.51. The number of morpholine rings is 1. The van der Waals surface area contributed by atoms with Gasteiger partial charge in [0.2, 0.25) is 5.91 Å². The fourth-order valence-electron chi connectivity index (χ4n) is 4.95. The van der Waals surface area contributed by atoms with Crippen LogP contribution in [-0.4, -0.2) is 65.1 Å². The molecule has 4 rings (SSSR count). The van der Waals surface area contributed by atoms with Gasteiger partial charge in [0.05, 0.1) is 12.2 Å². The van der Waals surface area contributed by atoms with Crippen LogP contribution in [0, 0.1) is 0 Å². The molecular formula is C23H33N5O4. The fraction of sp³-hybridized carbons (Fsp3) is 0.652. The molecule has 2 saturated heterocycles. The first-order valence-corrected chi connectivity index (χ1v) is 11.6. The van der Waals surface area contributed by atoms with Gasteiger partial charge in [0.15, 0.2) is 0 Å². The number of pyridine rings is 1. The molecule has 2 aliphatic heterocycles.